The van der Waals surface area contributed by atoms with Crippen LogP contribution in [0.25, 0.3) is 0 Å². The summed E-state index contributed by atoms with van der Waals surface area (Å²) in [6.07, 6.45) is 0.581. The summed E-state index contributed by atoms with van der Waals surface area (Å²) >= 11 is 18.5. The molecule has 5 aliphatic rings. The van der Waals surface area contributed by atoms with E-state index in [0.29, 0.717) is 75.1 Å². The highest BCUT2D eigenvalue weighted by Gasteiger charge is 2.46. The van der Waals surface area contributed by atoms with E-state index in [0.717, 1.165) is 12.1 Å². The monoisotopic (exact) mass is 1160 g/mol. The van der Waals surface area contributed by atoms with Crippen molar-refractivity contribution in [1.82, 2.24) is 48.7 Å². The van der Waals surface area contributed by atoms with Gasteiger partial charge in [0.15, 0.2) is 5.82 Å². The Balaban J connectivity index is 0.971. The third-order valence-corrected chi connectivity index (χ3v) is 17.3. The van der Waals surface area contributed by atoms with E-state index in [-0.39, 0.29) is 91.9 Å². The first-order chi connectivity index (χ1) is 38.0. The molecule has 4 aromatic heterocycles. The number of carbonyl (C=O) groups excluding carboxylic acids is 4. The molecule has 16 nitrogen and oxygen atoms in total. The average Bonchev–Trinajstić information content (AvgIpc) is 4.18. The van der Waals surface area contributed by atoms with E-state index < -0.39 is 70.0 Å². The largest absolute Gasteiger partial charge is 0.475 e. The quantitative estimate of drug-likeness (QED) is 0.109. The number of hydrogen-bond donors (Lipinski definition) is 0. The van der Waals surface area contributed by atoms with E-state index in [4.69, 9.17) is 49.7 Å². The zero-order chi connectivity index (χ0) is 57.0. The second-order valence-corrected chi connectivity index (χ2v) is 23.3. The lowest BCUT2D eigenvalue weighted by atomic mass is 9.93. The molecule has 0 spiro atoms. The van der Waals surface area contributed by atoms with Crippen molar-refractivity contribution in [3.8, 4) is 5.88 Å². The normalized spacial score (nSPS) is 20.8. The van der Waals surface area contributed by atoms with Crippen molar-refractivity contribution in [2.24, 2.45) is 0 Å². The fourth-order valence-electron chi connectivity index (χ4n) is 11.9. The molecular weight excluding hydrogens is 1100 g/mol. The van der Waals surface area contributed by atoms with Crippen LogP contribution in [0, 0.1) is 5.82 Å². The molecule has 420 valence electrons. The number of halogens is 7. The molecule has 11 rings (SSSR count). The zero-order valence-corrected chi connectivity index (χ0v) is 46.9. The smallest absolute Gasteiger partial charge is 0.417 e. The van der Waals surface area contributed by atoms with E-state index in [9.17, 15) is 27.6 Å². The molecule has 4 aliphatic heterocycles. The molecule has 6 aromatic rings. The maximum absolute atomic E-state index is 16.1. The van der Waals surface area contributed by atoms with Crippen molar-refractivity contribution in [1.29, 1.82) is 0 Å². The lowest BCUT2D eigenvalue weighted by Crippen LogP contribution is -2.47. The van der Waals surface area contributed by atoms with E-state index in [2.05, 4.69) is 4.98 Å². The van der Waals surface area contributed by atoms with Crippen LogP contribution in [0.3, 0.4) is 0 Å². The predicted molar refractivity (Wildman–Crippen MR) is 289 cm³/mol. The molecule has 1 saturated carbocycles. The SMILES string of the molecule is CC(C)Oc1cc(C(C)N2C[C@@H](CCC(c3cc(F)c(=O)n(C4CC4)c3)N3C[C@@H](C)n4nc5c(c4C3=O)CN(C(=O)c3ccc(Cl)c(Cl)c3)[C@H](C)C5)n3nc4c(c3C2=O)CN(C(=O)c2ccc(Cl)c(C(F)(F)F)c2)[C@H](C)C4)ccn1. The number of amides is 4. The summed E-state index contributed by atoms with van der Waals surface area (Å²) in [5.74, 6) is -2.38. The van der Waals surface area contributed by atoms with E-state index in [1.165, 1.54) is 27.7 Å². The highest BCUT2D eigenvalue weighted by Crippen LogP contribution is 2.43. The highest BCUT2D eigenvalue weighted by atomic mass is 35.5. The molecule has 0 N–H and O–H groups in total. The summed E-state index contributed by atoms with van der Waals surface area (Å²) in [4.78, 5) is 83.5. The van der Waals surface area contributed by atoms with Gasteiger partial charge in [-0.2, -0.15) is 23.4 Å². The summed E-state index contributed by atoms with van der Waals surface area (Å²) in [6, 6.07) is 9.03. The van der Waals surface area contributed by atoms with Crippen molar-refractivity contribution >= 4 is 58.4 Å². The van der Waals surface area contributed by atoms with Crippen LogP contribution < -0.4 is 10.3 Å². The molecule has 6 atom stereocenters. The number of fused-ring (bicyclic) bond motifs is 6. The van der Waals surface area contributed by atoms with Gasteiger partial charge in [0.1, 0.15) is 11.4 Å². The minimum Gasteiger partial charge on any atom is -0.475 e. The Labute approximate surface area is 473 Å². The van der Waals surface area contributed by atoms with Crippen LogP contribution in [-0.2, 0) is 32.1 Å². The third kappa shape index (κ3) is 10.0. The minimum atomic E-state index is -4.82. The molecule has 0 radical (unpaired) electrons. The molecule has 23 heteroatoms. The molecule has 80 heavy (non-hydrogen) atoms. The van der Waals surface area contributed by atoms with E-state index >= 15 is 14.0 Å². The first-order valence-corrected chi connectivity index (χ1v) is 27.9. The Bertz CT molecular complexity index is 3580. The Morgan fingerprint density at radius 3 is 1.94 bits per heavy atom. The average molecular weight is 1160 g/mol. The number of ether oxygens (including phenoxy) is 1. The van der Waals surface area contributed by atoms with Crippen molar-refractivity contribution in [2.45, 2.75) is 148 Å². The van der Waals surface area contributed by atoms with Gasteiger partial charge in [0.25, 0.3) is 29.2 Å². The van der Waals surface area contributed by atoms with Crippen LogP contribution in [0.1, 0.15) is 178 Å². The Hall–Kier alpha value is -6.77. The Kier molecular flexibility index (Phi) is 14.4. The fraction of sp³-hybridized carbons (Fsp3) is 0.439. The molecule has 2 aromatic carbocycles. The topological polar surface area (TPSA) is 161 Å². The molecule has 8 heterocycles. The molecule has 4 amide bonds. The van der Waals surface area contributed by atoms with Crippen LogP contribution in [-0.4, -0.2) is 104 Å². The van der Waals surface area contributed by atoms with Crippen molar-refractivity contribution in [3.63, 3.8) is 0 Å². The lowest BCUT2D eigenvalue weighted by molar-refractivity contribution is -0.137. The molecule has 0 bridgehead atoms. The number of nitrogens with zero attached hydrogens (tertiary/aromatic N) is 10. The van der Waals surface area contributed by atoms with Gasteiger partial charge < -0.3 is 28.9 Å². The first-order valence-electron chi connectivity index (χ1n) is 26.8. The first kappa shape index (κ1) is 55.2. The second kappa shape index (κ2) is 21.0. The number of benzene rings is 2. The van der Waals surface area contributed by atoms with Gasteiger partial charge in [-0.05, 0) is 127 Å². The maximum Gasteiger partial charge on any atom is 0.417 e. The lowest BCUT2D eigenvalue weighted by Gasteiger charge is -2.41. The predicted octanol–water partition coefficient (Wildman–Crippen LogP) is 11.0. The highest BCUT2D eigenvalue weighted by molar-refractivity contribution is 6.42. The number of alkyl halides is 3. The Morgan fingerprint density at radius 2 is 1.32 bits per heavy atom. The van der Waals surface area contributed by atoms with Gasteiger partial charge in [-0.15, -0.1) is 0 Å². The standard InChI is InChI=1S/C57H57Cl3F4N10O6/c1-28(2)80-49-22-33(15-16-65-49)32(6)70-25-38(74-51(55(70)78)40-27-68(30(4)18-47(40)67-74)52(75)34-7-12-42(58)41(19-34)57(62,63)64)11-14-48(36-21-45(61)54(77)71(24-36)37-9-10-37)72-23-31(5)73-50(56(72)79)39-26-69(29(3)17-46(39)66-73)53(76)35-8-13-43(59)44(60)20-35/h7-8,12-13,15-16,19-22,24,28-32,37-38,48H,9-11,14,17-18,23,25-27H2,1-6H3/t29-,30-,31-,32?,38-,48?/m1/s1. The Morgan fingerprint density at radius 1 is 0.725 bits per heavy atom. The van der Waals surface area contributed by atoms with Crippen molar-refractivity contribution in [2.75, 3.05) is 13.1 Å². The summed E-state index contributed by atoms with van der Waals surface area (Å²) in [6.45, 7) is 11.4. The molecule has 0 saturated heterocycles. The number of hydrogen-bond acceptors (Lipinski definition) is 9. The fourth-order valence-corrected chi connectivity index (χ4v) is 12.4. The van der Waals surface area contributed by atoms with Crippen LogP contribution in [0.2, 0.25) is 15.1 Å². The molecule has 1 fully saturated rings. The van der Waals surface area contributed by atoms with E-state index in [1.54, 1.807) is 67.6 Å². The van der Waals surface area contributed by atoms with Gasteiger partial charge >= 0.3 is 6.18 Å². The van der Waals surface area contributed by atoms with Gasteiger partial charge in [-0.3, -0.25) is 33.3 Å². The number of rotatable bonds is 12. The molecule has 2 unspecified atom stereocenters. The van der Waals surface area contributed by atoms with Crippen LogP contribution in [0.4, 0.5) is 17.6 Å². The maximum atomic E-state index is 16.1. The summed E-state index contributed by atoms with van der Waals surface area (Å²) in [7, 11) is 0. The number of carbonyl (C=O) groups is 4. The van der Waals surface area contributed by atoms with E-state index in [1.807, 2.05) is 34.6 Å². The van der Waals surface area contributed by atoms with Gasteiger partial charge in [-0.1, -0.05) is 34.8 Å². The van der Waals surface area contributed by atoms with Gasteiger partial charge in [-0.25, -0.2) is 9.37 Å². The number of aromatic nitrogens is 6. The molecular formula is C57H57Cl3F4N10O6. The van der Waals surface area contributed by atoms with Crippen molar-refractivity contribution < 1.29 is 41.5 Å². The third-order valence-electron chi connectivity index (χ3n) is 16.2. The van der Waals surface area contributed by atoms with Gasteiger partial charge in [0.05, 0.1) is 75.4 Å². The van der Waals surface area contributed by atoms with Gasteiger partial charge in [0.2, 0.25) is 5.88 Å². The van der Waals surface area contributed by atoms with Gasteiger partial charge in [0, 0.05) is 84.8 Å². The summed E-state index contributed by atoms with van der Waals surface area (Å²) in [5.41, 5.74) is 2.06. The molecule has 1 aliphatic carbocycles. The van der Waals surface area contributed by atoms with Crippen molar-refractivity contribution in [3.05, 3.63) is 160 Å². The summed E-state index contributed by atoms with van der Waals surface area (Å²) < 4.78 is 69.0. The number of pyridine rings is 2. The summed E-state index contributed by atoms with van der Waals surface area (Å²) in [5, 5.41) is 10.0. The zero-order valence-electron chi connectivity index (χ0n) is 44.6. The minimum absolute atomic E-state index is 0.0679. The second-order valence-electron chi connectivity index (χ2n) is 22.1. The van der Waals surface area contributed by atoms with Crippen LogP contribution >= 0.6 is 34.8 Å². The van der Waals surface area contributed by atoms with Crippen LogP contribution in [0.5, 0.6) is 5.88 Å². The van der Waals surface area contributed by atoms with Crippen LogP contribution in [0.15, 0.2) is 71.8 Å².